The molecule has 0 aliphatic rings. The predicted octanol–water partition coefficient (Wildman–Crippen LogP) is 3.98. The van der Waals surface area contributed by atoms with Gasteiger partial charge >= 0.3 is 0 Å². The Morgan fingerprint density at radius 3 is 2.77 bits per heavy atom. The van der Waals surface area contributed by atoms with Gasteiger partial charge in [0.15, 0.2) is 15.8 Å². The Balaban J connectivity index is 1.53. The van der Waals surface area contributed by atoms with Crippen LogP contribution in [0.1, 0.15) is 21.7 Å². The number of nitrogens with one attached hydrogen (secondary N) is 1. The number of hydrazone groups is 1. The number of aromatic nitrogens is 2. The predicted molar refractivity (Wildman–Crippen MR) is 120 cm³/mol. The van der Waals surface area contributed by atoms with Crippen molar-refractivity contribution in [3.8, 4) is 11.5 Å². The lowest BCUT2D eigenvalue weighted by Gasteiger charge is -2.12. The van der Waals surface area contributed by atoms with Crippen LogP contribution >= 0.6 is 23.1 Å². The fraction of sp³-hybridized carbons (Fsp3) is 0.238. The molecule has 1 amide bonds. The van der Waals surface area contributed by atoms with Crippen LogP contribution in [0.5, 0.6) is 11.5 Å². The monoisotopic (exact) mass is 442 g/mol. The molecule has 3 rings (SSSR count). The van der Waals surface area contributed by atoms with Gasteiger partial charge in [-0.1, -0.05) is 47.4 Å². The van der Waals surface area contributed by atoms with E-state index in [1.54, 1.807) is 13.3 Å². The van der Waals surface area contributed by atoms with Gasteiger partial charge in [0.2, 0.25) is 0 Å². The summed E-state index contributed by atoms with van der Waals surface area (Å²) in [4.78, 5) is 11.9. The topological polar surface area (TPSA) is 85.7 Å². The van der Waals surface area contributed by atoms with Crippen LogP contribution in [0.15, 0.2) is 51.9 Å². The molecular formula is C21H22N4O3S2. The van der Waals surface area contributed by atoms with E-state index in [9.17, 15) is 4.79 Å². The number of amides is 1. The molecule has 0 spiro atoms. The maximum absolute atomic E-state index is 11.9. The lowest BCUT2D eigenvalue weighted by molar-refractivity contribution is -0.118. The van der Waals surface area contributed by atoms with Crippen molar-refractivity contribution in [1.82, 2.24) is 15.6 Å². The number of ether oxygens (including phenoxy) is 2. The number of thioether (sulfide) groups is 1. The Labute approximate surface area is 183 Å². The minimum atomic E-state index is -0.214. The van der Waals surface area contributed by atoms with Crippen LogP contribution in [0.4, 0.5) is 0 Å². The number of methoxy groups -OCH3 is 1. The smallest absolute Gasteiger partial charge is 0.250 e. The molecule has 0 fully saturated rings. The van der Waals surface area contributed by atoms with Crippen LogP contribution in [-0.4, -0.2) is 35.2 Å². The van der Waals surface area contributed by atoms with Crippen LogP contribution in [0, 0.1) is 13.8 Å². The third kappa shape index (κ3) is 6.30. The molecular weight excluding hydrogens is 420 g/mol. The fourth-order valence-electron chi connectivity index (χ4n) is 2.49. The van der Waals surface area contributed by atoms with E-state index < -0.39 is 0 Å². The van der Waals surface area contributed by atoms with Crippen LogP contribution in [0.2, 0.25) is 0 Å². The highest BCUT2D eigenvalue weighted by Gasteiger charge is 2.08. The number of carbonyl (C=O) groups excluding carboxylic acids is 1. The summed E-state index contributed by atoms with van der Waals surface area (Å²) in [6.45, 7) is 4.38. The molecule has 9 heteroatoms. The largest absolute Gasteiger partial charge is 0.493 e. The van der Waals surface area contributed by atoms with E-state index in [0.717, 1.165) is 20.5 Å². The van der Waals surface area contributed by atoms with E-state index in [0.29, 0.717) is 18.1 Å². The summed E-state index contributed by atoms with van der Waals surface area (Å²) in [5, 5.41) is 12.8. The Kier molecular flexibility index (Phi) is 7.81. The number of hydrogen-bond donors (Lipinski definition) is 1. The zero-order valence-corrected chi connectivity index (χ0v) is 18.5. The summed E-state index contributed by atoms with van der Waals surface area (Å²) in [6, 6.07) is 13.6. The van der Waals surface area contributed by atoms with Gasteiger partial charge in [0.25, 0.3) is 5.91 Å². The second kappa shape index (κ2) is 10.7. The van der Waals surface area contributed by atoms with Gasteiger partial charge in [-0.15, -0.1) is 10.2 Å². The van der Waals surface area contributed by atoms with Crippen LogP contribution in [0.25, 0.3) is 0 Å². The molecule has 7 nitrogen and oxygen atoms in total. The van der Waals surface area contributed by atoms with Crippen molar-refractivity contribution in [2.75, 3.05) is 12.9 Å². The quantitative estimate of drug-likeness (QED) is 0.306. The molecule has 0 aliphatic carbocycles. The highest BCUT2D eigenvalue weighted by Crippen LogP contribution is 2.28. The standard InChI is InChI=1S/C21H22N4O3S2/c1-14-6-4-5-7-17(14)12-28-18-9-8-16(10-19(18)27-3)11-22-24-20(26)13-29-21-25-23-15(2)30-21/h4-11H,12-13H2,1-3H3,(H,24,26)/b22-11-. The van der Waals surface area contributed by atoms with Gasteiger partial charge in [0, 0.05) is 0 Å². The number of aryl methyl sites for hydroxylation is 2. The molecule has 156 valence electrons. The lowest BCUT2D eigenvalue weighted by Crippen LogP contribution is -2.19. The number of benzene rings is 2. The van der Waals surface area contributed by atoms with Gasteiger partial charge in [0.05, 0.1) is 19.1 Å². The average Bonchev–Trinajstić information content (AvgIpc) is 3.17. The number of hydrogen-bond acceptors (Lipinski definition) is 8. The average molecular weight is 443 g/mol. The molecule has 2 aromatic carbocycles. The fourth-order valence-corrected chi connectivity index (χ4v) is 4.09. The summed E-state index contributed by atoms with van der Waals surface area (Å²) in [5.74, 6) is 1.25. The Morgan fingerprint density at radius 1 is 1.20 bits per heavy atom. The van der Waals surface area contributed by atoms with Crippen molar-refractivity contribution >= 4 is 35.2 Å². The molecule has 0 saturated carbocycles. The second-order valence-electron chi connectivity index (χ2n) is 6.29. The molecule has 1 aromatic heterocycles. The Morgan fingerprint density at radius 2 is 2.03 bits per heavy atom. The number of nitrogens with zero attached hydrogens (tertiary/aromatic N) is 3. The molecule has 0 unspecified atom stereocenters. The summed E-state index contributed by atoms with van der Waals surface area (Å²) in [5.41, 5.74) is 5.58. The maximum Gasteiger partial charge on any atom is 0.250 e. The highest BCUT2D eigenvalue weighted by atomic mass is 32.2. The summed E-state index contributed by atoms with van der Waals surface area (Å²) < 4.78 is 12.1. The van der Waals surface area contributed by atoms with Crippen molar-refractivity contribution in [2.45, 2.75) is 24.8 Å². The first-order valence-corrected chi connectivity index (χ1v) is 11.0. The Hall–Kier alpha value is -2.91. The van der Waals surface area contributed by atoms with E-state index in [1.807, 2.05) is 43.3 Å². The van der Waals surface area contributed by atoms with E-state index in [-0.39, 0.29) is 11.7 Å². The van der Waals surface area contributed by atoms with E-state index in [1.165, 1.54) is 28.7 Å². The first-order chi connectivity index (χ1) is 14.5. The van der Waals surface area contributed by atoms with E-state index in [4.69, 9.17) is 9.47 Å². The zero-order chi connectivity index (χ0) is 21.3. The van der Waals surface area contributed by atoms with Crippen molar-refractivity contribution < 1.29 is 14.3 Å². The molecule has 0 bridgehead atoms. The molecule has 0 saturated heterocycles. The third-order valence-corrected chi connectivity index (χ3v) is 6.04. The SMILES string of the molecule is COc1cc(/C=N\NC(=O)CSc2nnc(C)s2)ccc1OCc1ccccc1C. The molecule has 1 N–H and O–H groups in total. The number of rotatable bonds is 9. The van der Waals surface area contributed by atoms with E-state index >= 15 is 0 Å². The van der Waals surface area contributed by atoms with Gasteiger partial charge < -0.3 is 9.47 Å². The highest BCUT2D eigenvalue weighted by molar-refractivity contribution is 8.01. The zero-order valence-electron chi connectivity index (χ0n) is 16.9. The molecule has 0 aliphatic heterocycles. The first kappa shape index (κ1) is 21.8. The van der Waals surface area contributed by atoms with Gasteiger partial charge in [-0.05, 0) is 48.7 Å². The van der Waals surface area contributed by atoms with Gasteiger partial charge in [-0.25, -0.2) is 5.43 Å². The van der Waals surface area contributed by atoms with Crippen LogP contribution in [-0.2, 0) is 11.4 Å². The number of carbonyl (C=O) groups is 1. The van der Waals surface area contributed by atoms with Gasteiger partial charge in [-0.2, -0.15) is 5.10 Å². The van der Waals surface area contributed by atoms with Gasteiger partial charge in [0.1, 0.15) is 11.6 Å². The minimum absolute atomic E-state index is 0.214. The molecule has 30 heavy (non-hydrogen) atoms. The summed E-state index contributed by atoms with van der Waals surface area (Å²) in [6.07, 6.45) is 1.56. The third-order valence-electron chi connectivity index (χ3n) is 4.07. The van der Waals surface area contributed by atoms with Crippen molar-refractivity contribution in [3.63, 3.8) is 0 Å². The molecule has 1 heterocycles. The van der Waals surface area contributed by atoms with Crippen molar-refractivity contribution in [1.29, 1.82) is 0 Å². The van der Waals surface area contributed by atoms with E-state index in [2.05, 4.69) is 33.7 Å². The molecule has 0 radical (unpaired) electrons. The summed E-state index contributed by atoms with van der Waals surface area (Å²) >= 11 is 2.79. The normalized spacial score (nSPS) is 10.9. The van der Waals surface area contributed by atoms with Crippen LogP contribution in [0.3, 0.4) is 0 Å². The van der Waals surface area contributed by atoms with Crippen molar-refractivity contribution in [2.24, 2.45) is 5.10 Å². The second-order valence-corrected chi connectivity index (χ2v) is 8.70. The first-order valence-electron chi connectivity index (χ1n) is 9.15. The molecule has 3 aromatic rings. The summed E-state index contributed by atoms with van der Waals surface area (Å²) in [7, 11) is 1.59. The molecule has 0 atom stereocenters. The van der Waals surface area contributed by atoms with Crippen molar-refractivity contribution in [3.05, 3.63) is 64.2 Å². The van der Waals surface area contributed by atoms with Gasteiger partial charge in [-0.3, -0.25) is 4.79 Å². The van der Waals surface area contributed by atoms with Crippen LogP contribution < -0.4 is 14.9 Å². The lowest BCUT2D eigenvalue weighted by atomic mass is 10.1. The minimum Gasteiger partial charge on any atom is -0.493 e. The maximum atomic E-state index is 11.9. The Bertz CT molecular complexity index is 1040.